The summed E-state index contributed by atoms with van der Waals surface area (Å²) in [5, 5.41) is 0.0435. The molecule has 0 rings (SSSR count). The van der Waals surface area contributed by atoms with E-state index < -0.39 is 0 Å². The molecule has 2 nitrogen and oxygen atoms in total. The lowest BCUT2D eigenvalue weighted by atomic mass is 10.1. The Labute approximate surface area is 76.9 Å². The van der Waals surface area contributed by atoms with Gasteiger partial charge in [0.15, 0.2) is 0 Å². The van der Waals surface area contributed by atoms with Crippen molar-refractivity contribution in [2.45, 2.75) is 19.4 Å². The van der Waals surface area contributed by atoms with Gasteiger partial charge in [0, 0.05) is 5.88 Å². The van der Waals surface area contributed by atoms with Crippen LogP contribution in [-0.2, 0) is 4.79 Å². The number of thioether (sulfide) groups is 1. The molecule has 0 heterocycles. The first kappa shape index (κ1) is 11.3. The van der Waals surface area contributed by atoms with Crippen LogP contribution in [-0.4, -0.2) is 23.3 Å². The summed E-state index contributed by atoms with van der Waals surface area (Å²) in [4.78, 5) is 11.0. The fraction of sp³-hybridized carbons (Fsp3) is 0.857. The molecular formula is C7H14ClNOS. The number of halogens is 1. The molecule has 0 saturated heterocycles. The summed E-state index contributed by atoms with van der Waals surface area (Å²) in [6.45, 7) is 1.99. The second-order valence-electron chi connectivity index (χ2n) is 2.62. The molecule has 0 aliphatic heterocycles. The zero-order chi connectivity index (χ0) is 8.85. The Kier molecular flexibility index (Phi) is 6.01. The SMILES string of the molecule is CSC(=O)[C@@H](N)C[C@H](C)CCl. The lowest BCUT2D eigenvalue weighted by Crippen LogP contribution is -2.30. The van der Waals surface area contributed by atoms with Gasteiger partial charge < -0.3 is 5.73 Å². The van der Waals surface area contributed by atoms with E-state index in [9.17, 15) is 4.79 Å². The van der Waals surface area contributed by atoms with Gasteiger partial charge in [0.25, 0.3) is 0 Å². The highest BCUT2D eigenvalue weighted by molar-refractivity contribution is 8.13. The van der Waals surface area contributed by atoms with Crippen LogP contribution in [0, 0.1) is 5.92 Å². The van der Waals surface area contributed by atoms with Crippen molar-refractivity contribution < 1.29 is 4.79 Å². The van der Waals surface area contributed by atoms with Crippen LogP contribution >= 0.6 is 23.4 Å². The van der Waals surface area contributed by atoms with E-state index in [1.807, 2.05) is 6.92 Å². The van der Waals surface area contributed by atoms with Crippen molar-refractivity contribution in [2.75, 3.05) is 12.1 Å². The first-order valence-electron chi connectivity index (χ1n) is 3.51. The topological polar surface area (TPSA) is 43.1 Å². The van der Waals surface area contributed by atoms with E-state index in [2.05, 4.69) is 0 Å². The first-order valence-corrected chi connectivity index (χ1v) is 5.27. The smallest absolute Gasteiger partial charge is 0.205 e. The predicted molar refractivity (Wildman–Crippen MR) is 51.0 cm³/mol. The van der Waals surface area contributed by atoms with Crippen molar-refractivity contribution in [3.05, 3.63) is 0 Å². The average Bonchev–Trinajstić information content (AvgIpc) is 2.02. The molecule has 0 bridgehead atoms. The van der Waals surface area contributed by atoms with E-state index in [1.54, 1.807) is 6.26 Å². The van der Waals surface area contributed by atoms with E-state index in [1.165, 1.54) is 11.8 Å². The van der Waals surface area contributed by atoms with Crippen LogP contribution in [0.5, 0.6) is 0 Å². The van der Waals surface area contributed by atoms with Crippen LogP contribution in [0.1, 0.15) is 13.3 Å². The van der Waals surface area contributed by atoms with Gasteiger partial charge in [0.2, 0.25) is 5.12 Å². The fourth-order valence-corrected chi connectivity index (χ4v) is 1.27. The third-order valence-corrected chi connectivity index (χ3v) is 2.66. The van der Waals surface area contributed by atoms with Gasteiger partial charge in [-0.05, 0) is 18.6 Å². The number of rotatable bonds is 4. The quantitative estimate of drug-likeness (QED) is 0.691. The molecule has 0 radical (unpaired) electrons. The Bertz CT molecular complexity index is 132. The summed E-state index contributed by atoms with van der Waals surface area (Å²) in [5.74, 6) is 0.887. The lowest BCUT2D eigenvalue weighted by Gasteiger charge is -2.12. The minimum Gasteiger partial charge on any atom is -0.321 e. The molecule has 0 saturated carbocycles. The third kappa shape index (κ3) is 4.67. The predicted octanol–water partition coefficient (Wildman–Crippen LogP) is 1.47. The van der Waals surface area contributed by atoms with Gasteiger partial charge in [-0.25, -0.2) is 0 Å². The summed E-state index contributed by atoms with van der Waals surface area (Å²) < 4.78 is 0. The molecule has 0 aliphatic rings. The van der Waals surface area contributed by atoms with Crippen LogP contribution in [0.3, 0.4) is 0 Å². The number of hydrogen-bond donors (Lipinski definition) is 1. The van der Waals surface area contributed by atoms with Gasteiger partial charge in [-0.15, -0.1) is 11.6 Å². The Balaban J connectivity index is 3.67. The number of nitrogens with two attached hydrogens (primary N) is 1. The second kappa shape index (κ2) is 5.86. The average molecular weight is 196 g/mol. The monoisotopic (exact) mass is 195 g/mol. The molecule has 0 amide bonds. The maximum Gasteiger partial charge on any atom is 0.205 e. The molecular weight excluding hydrogens is 182 g/mol. The van der Waals surface area contributed by atoms with E-state index in [0.717, 1.165) is 0 Å². The van der Waals surface area contributed by atoms with Crippen LogP contribution < -0.4 is 5.73 Å². The van der Waals surface area contributed by atoms with Crippen molar-refractivity contribution in [2.24, 2.45) is 11.7 Å². The van der Waals surface area contributed by atoms with Crippen molar-refractivity contribution in [1.29, 1.82) is 0 Å². The zero-order valence-corrected chi connectivity index (χ0v) is 8.41. The molecule has 0 spiro atoms. The minimum atomic E-state index is -0.348. The van der Waals surface area contributed by atoms with Gasteiger partial charge in [-0.3, -0.25) is 4.79 Å². The molecule has 0 fully saturated rings. The summed E-state index contributed by atoms with van der Waals surface area (Å²) in [5.41, 5.74) is 5.58. The third-order valence-electron chi connectivity index (χ3n) is 1.42. The Hall–Kier alpha value is 0.270. The molecule has 2 atom stereocenters. The Morgan fingerprint density at radius 1 is 1.73 bits per heavy atom. The van der Waals surface area contributed by atoms with Crippen LogP contribution in [0.15, 0.2) is 0 Å². The van der Waals surface area contributed by atoms with E-state index >= 15 is 0 Å². The van der Waals surface area contributed by atoms with Crippen LogP contribution in [0.25, 0.3) is 0 Å². The highest BCUT2D eigenvalue weighted by Crippen LogP contribution is 2.10. The molecule has 0 aliphatic carbocycles. The van der Waals surface area contributed by atoms with Crippen molar-refractivity contribution in [1.82, 2.24) is 0 Å². The summed E-state index contributed by atoms with van der Waals surface area (Å²) >= 11 is 6.75. The molecule has 0 aromatic carbocycles. The summed E-state index contributed by atoms with van der Waals surface area (Å²) in [6.07, 6.45) is 2.43. The largest absolute Gasteiger partial charge is 0.321 e. The second-order valence-corrected chi connectivity index (χ2v) is 3.74. The number of hydrogen-bond acceptors (Lipinski definition) is 3. The van der Waals surface area contributed by atoms with Gasteiger partial charge >= 0.3 is 0 Å². The van der Waals surface area contributed by atoms with Crippen LogP contribution in [0.4, 0.5) is 0 Å². The number of carbonyl (C=O) groups is 1. The first-order chi connectivity index (χ1) is 5.11. The molecule has 2 N–H and O–H groups in total. The van der Waals surface area contributed by atoms with Gasteiger partial charge in [-0.2, -0.15) is 0 Å². The van der Waals surface area contributed by atoms with Crippen molar-refractivity contribution >= 4 is 28.5 Å². The highest BCUT2D eigenvalue weighted by Gasteiger charge is 2.14. The minimum absolute atomic E-state index is 0.0435. The zero-order valence-electron chi connectivity index (χ0n) is 6.84. The maximum atomic E-state index is 11.0. The van der Waals surface area contributed by atoms with Crippen LogP contribution in [0.2, 0.25) is 0 Å². The molecule has 4 heteroatoms. The fourth-order valence-electron chi connectivity index (χ4n) is 0.744. The number of carbonyl (C=O) groups excluding carboxylic acids is 1. The van der Waals surface area contributed by atoms with E-state index in [-0.39, 0.29) is 11.2 Å². The normalized spacial score (nSPS) is 16.0. The molecule has 0 unspecified atom stereocenters. The Morgan fingerprint density at radius 2 is 2.27 bits per heavy atom. The Morgan fingerprint density at radius 3 is 2.64 bits per heavy atom. The van der Waals surface area contributed by atoms with Crippen molar-refractivity contribution in [3.8, 4) is 0 Å². The van der Waals surface area contributed by atoms with Gasteiger partial charge in [0.1, 0.15) is 0 Å². The lowest BCUT2D eigenvalue weighted by molar-refractivity contribution is -0.112. The molecule has 66 valence electrons. The van der Waals surface area contributed by atoms with E-state index in [4.69, 9.17) is 17.3 Å². The summed E-state index contributed by atoms with van der Waals surface area (Å²) in [6, 6.07) is -0.348. The van der Waals surface area contributed by atoms with Gasteiger partial charge in [0.05, 0.1) is 6.04 Å². The molecule has 11 heavy (non-hydrogen) atoms. The maximum absolute atomic E-state index is 11.0. The molecule has 0 aromatic heterocycles. The summed E-state index contributed by atoms with van der Waals surface area (Å²) in [7, 11) is 0. The highest BCUT2D eigenvalue weighted by atomic mass is 35.5. The standard InChI is InChI=1S/C7H14ClNOS/c1-5(4-8)3-6(9)7(10)11-2/h5-6H,3-4,9H2,1-2H3/t5-,6-/m0/s1. The number of alkyl halides is 1. The van der Waals surface area contributed by atoms with Crippen molar-refractivity contribution in [3.63, 3.8) is 0 Å². The van der Waals surface area contributed by atoms with Gasteiger partial charge in [-0.1, -0.05) is 18.7 Å². The van der Waals surface area contributed by atoms with E-state index in [0.29, 0.717) is 18.2 Å². The molecule has 0 aromatic rings.